The summed E-state index contributed by atoms with van der Waals surface area (Å²) >= 11 is 0. The zero-order valence-corrected chi connectivity index (χ0v) is 13.2. The lowest BCUT2D eigenvalue weighted by Crippen LogP contribution is -2.46. The number of nitrogens with one attached hydrogen (secondary N) is 2. The van der Waals surface area contributed by atoms with Crippen LogP contribution in [-0.4, -0.2) is 31.9 Å². The number of carbonyl (C=O) groups is 1. The molecule has 1 unspecified atom stereocenters. The minimum absolute atomic E-state index is 0.0762. The van der Waals surface area contributed by atoms with Crippen molar-refractivity contribution in [2.24, 2.45) is 0 Å². The molecule has 0 bridgehead atoms. The first-order chi connectivity index (χ1) is 10.7. The zero-order chi connectivity index (χ0) is 15.5. The minimum Gasteiger partial charge on any atom is -0.497 e. The number of hydrogen-bond acceptors (Lipinski definition) is 3. The van der Waals surface area contributed by atoms with Crippen molar-refractivity contribution in [2.75, 3.05) is 13.7 Å². The highest BCUT2D eigenvalue weighted by atomic mass is 16.5. The van der Waals surface area contributed by atoms with Gasteiger partial charge in [0.15, 0.2) is 0 Å². The Kier molecular flexibility index (Phi) is 4.52. The molecule has 1 aromatic carbocycles. The molecule has 0 saturated carbocycles. The molecule has 2 amide bonds. The number of benzene rings is 1. The maximum atomic E-state index is 12.2. The number of methoxy groups -OCH3 is 1. The van der Waals surface area contributed by atoms with Gasteiger partial charge in [-0.25, -0.2) is 4.79 Å². The Labute approximate surface area is 131 Å². The van der Waals surface area contributed by atoms with Gasteiger partial charge in [-0.3, -0.25) is 0 Å². The predicted octanol–water partition coefficient (Wildman–Crippen LogP) is 2.55. The molecule has 1 heterocycles. The molecule has 1 saturated heterocycles. The molecule has 1 aliphatic carbocycles. The van der Waals surface area contributed by atoms with Crippen LogP contribution in [0.3, 0.4) is 0 Å². The van der Waals surface area contributed by atoms with E-state index in [0.717, 1.165) is 38.0 Å². The highest BCUT2D eigenvalue weighted by Crippen LogP contribution is 2.32. The van der Waals surface area contributed by atoms with Crippen molar-refractivity contribution < 1.29 is 14.3 Å². The molecule has 1 aromatic rings. The first-order valence-electron chi connectivity index (χ1n) is 8.03. The monoisotopic (exact) mass is 304 g/mol. The lowest BCUT2D eigenvalue weighted by Gasteiger charge is -2.27. The lowest BCUT2D eigenvalue weighted by atomic mass is 9.87. The fourth-order valence-corrected chi connectivity index (χ4v) is 3.36. The van der Waals surface area contributed by atoms with Crippen molar-refractivity contribution in [3.8, 4) is 5.75 Å². The summed E-state index contributed by atoms with van der Waals surface area (Å²) < 4.78 is 10.8. The van der Waals surface area contributed by atoms with E-state index in [9.17, 15) is 4.79 Å². The Morgan fingerprint density at radius 2 is 2.18 bits per heavy atom. The van der Waals surface area contributed by atoms with Crippen LogP contribution in [0.15, 0.2) is 18.2 Å². The number of aryl methyl sites for hydroxylation is 1. The predicted molar refractivity (Wildman–Crippen MR) is 84.2 cm³/mol. The first kappa shape index (κ1) is 15.2. The molecule has 3 rings (SSSR count). The van der Waals surface area contributed by atoms with Gasteiger partial charge in [0.2, 0.25) is 0 Å². The van der Waals surface area contributed by atoms with Gasteiger partial charge in [-0.1, -0.05) is 6.07 Å². The summed E-state index contributed by atoms with van der Waals surface area (Å²) in [5.41, 5.74) is 2.48. The van der Waals surface area contributed by atoms with Gasteiger partial charge < -0.3 is 20.1 Å². The second kappa shape index (κ2) is 6.57. The normalized spacial score (nSPS) is 27.1. The van der Waals surface area contributed by atoms with Gasteiger partial charge in [0.05, 0.1) is 25.3 Å². The SMILES string of the molecule is COc1ccc2c(c1)CCCC2NC(=O)N[C@@H]1CCO[C@@H]1C. The Morgan fingerprint density at radius 3 is 2.91 bits per heavy atom. The highest BCUT2D eigenvalue weighted by Gasteiger charge is 2.27. The second-order valence-corrected chi connectivity index (χ2v) is 6.10. The van der Waals surface area contributed by atoms with Crippen LogP contribution in [0, 0.1) is 0 Å². The van der Waals surface area contributed by atoms with Gasteiger partial charge in [-0.15, -0.1) is 0 Å². The molecule has 5 nitrogen and oxygen atoms in total. The summed E-state index contributed by atoms with van der Waals surface area (Å²) in [6.45, 7) is 2.72. The minimum atomic E-state index is -0.101. The van der Waals surface area contributed by atoms with Gasteiger partial charge >= 0.3 is 6.03 Å². The van der Waals surface area contributed by atoms with Crippen LogP contribution in [0.4, 0.5) is 4.79 Å². The van der Waals surface area contributed by atoms with Crippen LogP contribution >= 0.6 is 0 Å². The van der Waals surface area contributed by atoms with Crippen molar-refractivity contribution in [3.63, 3.8) is 0 Å². The third kappa shape index (κ3) is 3.19. The van der Waals surface area contributed by atoms with E-state index >= 15 is 0 Å². The van der Waals surface area contributed by atoms with Gasteiger partial charge in [0, 0.05) is 6.61 Å². The zero-order valence-electron chi connectivity index (χ0n) is 13.2. The molecule has 5 heteroatoms. The van der Waals surface area contributed by atoms with Crippen molar-refractivity contribution >= 4 is 6.03 Å². The molecule has 0 spiro atoms. The number of hydrogen-bond donors (Lipinski definition) is 2. The first-order valence-corrected chi connectivity index (χ1v) is 8.03. The number of carbonyl (C=O) groups excluding carboxylic acids is 1. The smallest absolute Gasteiger partial charge is 0.315 e. The molecule has 1 fully saturated rings. The maximum absolute atomic E-state index is 12.2. The third-order valence-electron chi connectivity index (χ3n) is 4.66. The largest absolute Gasteiger partial charge is 0.497 e. The average molecular weight is 304 g/mol. The second-order valence-electron chi connectivity index (χ2n) is 6.10. The van der Waals surface area contributed by atoms with Crippen LogP contribution in [-0.2, 0) is 11.2 Å². The standard InChI is InChI=1S/C17H24N2O3/c1-11-15(8-9-22-11)18-17(20)19-16-5-3-4-12-10-13(21-2)6-7-14(12)16/h6-7,10-11,15-16H,3-5,8-9H2,1-2H3,(H2,18,19,20)/t11-,15-,16?/m1/s1. The van der Waals surface area contributed by atoms with E-state index in [0.29, 0.717) is 0 Å². The number of urea groups is 1. The molecule has 0 radical (unpaired) electrons. The Morgan fingerprint density at radius 1 is 1.32 bits per heavy atom. The van der Waals surface area contributed by atoms with Crippen molar-refractivity contribution in [1.29, 1.82) is 0 Å². The summed E-state index contributed by atoms with van der Waals surface area (Å²) in [6.07, 6.45) is 4.07. The van der Waals surface area contributed by atoms with E-state index in [1.807, 2.05) is 13.0 Å². The molecule has 2 N–H and O–H groups in total. The molecule has 120 valence electrons. The molecule has 22 heavy (non-hydrogen) atoms. The van der Waals surface area contributed by atoms with Crippen molar-refractivity contribution in [1.82, 2.24) is 10.6 Å². The summed E-state index contributed by atoms with van der Waals surface area (Å²) in [6, 6.07) is 6.19. The number of ether oxygens (including phenoxy) is 2. The molecular formula is C17H24N2O3. The van der Waals surface area contributed by atoms with Crippen LogP contribution in [0.1, 0.15) is 43.4 Å². The molecule has 1 aliphatic heterocycles. The summed E-state index contributed by atoms with van der Waals surface area (Å²) in [5, 5.41) is 6.14. The number of amides is 2. The van der Waals surface area contributed by atoms with E-state index in [1.165, 1.54) is 11.1 Å². The van der Waals surface area contributed by atoms with Crippen LogP contribution in [0.2, 0.25) is 0 Å². The van der Waals surface area contributed by atoms with Gasteiger partial charge in [-0.2, -0.15) is 0 Å². The van der Waals surface area contributed by atoms with Crippen molar-refractivity contribution in [2.45, 2.75) is 50.8 Å². The third-order valence-corrected chi connectivity index (χ3v) is 4.66. The topological polar surface area (TPSA) is 59.6 Å². The number of fused-ring (bicyclic) bond motifs is 1. The van der Waals surface area contributed by atoms with Crippen LogP contribution in [0.5, 0.6) is 5.75 Å². The van der Waals surface area contributed by atoms with Gasteiger partial charge in [-0.05, 0) is 55.9 Å². The molecule has 2 aliphatic rings. The van der Waals surface area contributed by atoms with E-state index in [2.05, 4.69) is 22.8 Å². The summed E-state index contributed by atoms with van der Waals surface area (Å²) in [5.74, 6) is 0.876. The Balaban J connectivity index is 1.65. The molecule has 3 atom stereocenters. The van der Waals surface area contributed by atoms with E-state index < -0.39 is 0 Å². The quantitative estimate of drug-likeness (QED) is 0.902. The van der Waals surface area contributed by atoms with Crippen LogP contribution in [0.25, 0.3) is 0 Å². The van der Waals surface area contributed by atoms with Crippen LogP contribution < -0.4 is 15.4 Å². The van der Waals surface area contributed by atoms with E-state index in [4.69, 9.17) is 9.47 Å². The van der Waals surface area contributed by atoms with Gasteiger partial charge in [0.25, 0.3) is 0 Å². The van der Waals surface area contributed by atoms with E-state index in [-0.39, 0.29) is 24.2 Å². The van der Waals surface area contributed by atoms with Crippen molar-refractivity contribution in [3.05, 3.63) is 29.3 Å². The van der Waals surface area contributed by atoms with Gasteiger partial charge in [0.1, 0.15) is 5.75 Å². The molecular weight excluding hydrogens is 280 g/mol. The average Bonchev–Trinajstić information content (AvgIpc) is 2.92. The summed E-state index contributed by atoms with van der Waals surface area (Å²) in [4.78, 5) is 12.2. The Hall–Kier alpha value is -1.75. The fraction of sp³-hybridized carbons (Fsp3) is 0.588. The maximum Gasteiger partial charge on any atom is 0.315 e. The molecule has 0 aromatic heterocycles. The fourth-order valence-electron chi connectivity index (χ4n) is 3.36. The number of rotatable bonds is 3. The summed E-state index contributed by atoms with van der Waals surface area (Å²) in [7, 11) is 1.68. The van der Waals surface area contributed by atoms with E-state index in [1.54, 1.807) is 7.11 Å². The lowest BCUT2D eigenvalue weighted by molar-refractivity contribution is 0.114. The highest BCUT2D eigenvalue weighted by molar-refractivity contribution is 5.75. The Bertz CT molecular complexity index is 547.